The number of nitrogens with one attached hydrogen (secondary N) is 1. The lowest BCUT2D eigenvalue weighted by molar-refractivity contribution is 0.0608. The van der Waals surface area contributed by atoms with Crippen LogP contribution in [0.15, 0.2) is 36.4 Å². The maximum absolute atomic E-state index is 13.8. The maximum atomic E-state index is 13.8. The van der Waals surface area contributed by atoms with Crippen LogP contribution in [-0.2, 0) is 0 Å². The van der Waals surface area contributed by atoms with Gasteiger partial charge >= 0.3 is 0 Å². The number of amides is 2. The molecule has 0 bridgehead atoms. The number of benzene rings is 2. The van der Waals surface area contributed by atoms with E-state index >= 15 is 0 Å². The largest absolute Gasteiger partial charge is 0.351 e. The van der Waals surface area contributed by atoms with Crippen molar-refractivity contribution in [3.8, 4) is 0 Å². The van der Waals surface area contributed by atoms with E-state index in [-0.39, 0.29) is 17.6 Å². The van der Waals surface area contributed by atoms with Gasteiger partial charge in [0, 0.05) is 38.5 Å². The molecule has 5 nitrogen and oxygen atoms in total. The fourth-order valence-electron chi connectivity index (χ4n) is 4.33. The highest BCUT2D eigenvalue weighted by Crippen LogP contribution is 2.36. The molecule has 2 aliphatic rings. The topological polar surface area (TPSA) is 52.7 Å². The summed E-state index contributed by atoms with van der Waals surface area (Å²) in [7, 11) is 1.87. The van der Waals surface area contributed by atoms with Gasteiger partial charge in [0.2, 0.25) is 0 Å². The Balaban J connectivity index is 1.55. The van der Waals surface area contributed by atoms with Crippen LogP contribution in [0.2, 0.25) is 0 Å². The van der Waals surface area contributed by atoms with E-state index < -0.39 is 5.66 Å². The van der Waals surface area contributed by atoms with Gasteiger partial charge in [-0.25, -0.2) is 4.39 Å². The van der Waals surface area contributed by atoms with Crippen molar-refractivity contribution >= 4 is 17.5 Å². The molecule has 2 aromatic rings. The Morgan fingerprint density at radius 1 is 1.11 bits per heavy atom. The van der Waals surface area contributed by atoms with Gasteiger partial charge in [-0.1, -0.05) is 17.7 Å². The van der Waals surface area contributed by atoms with E-state index in [0.717, 1.165) is 16.7 Å². The van der Waals surface area contributed by atoms with Crippen molar-refractivity contribution in [2.45, 2.75) is 32.4 Å². The standard InChI is InChI=1S/C22H24FN3O2/c1-14-4-6-17(15(2)12-14)21(28)26-10-8-22(9-11-26)24-20(27)18-7-5-16(23)13-19(18)25(22)3/h4-7,12-13H,8-11H2,1-3H3,(H,24,27). The molecule has 1 spiro atoms. The third-order valence-electron chi connectivity index (χ3n) is 6.04. The molecular weight excluding hydrogens is 357 g/mol. The Morgan fingerprint density at radius 3 is 2.50 bits per heavy atom. The van der Waals surface area contributed by atoms with Crippen molar-refractivity contribution in [1.82, 2.24) is 10.2 Å². The minimum absolute atomic E-state index is 0.0172. The summed E-state index contributed by atoms with van der Waals surface area (Å²) in [6, 6.07) is 10.1. The van der Waals surface area contributed by atoms with Crippen molar-refractivity contribution in [3.63, 3.8) is 0 Å². The van der Waals surface area contributed by atoms with E-state index in [1.807, 2.05) is 48.9 Å². The van der Waals surface area contributed by atoms with Crippen molar-refractivity contribution < 1.29 is 14.0 Å². The summed E-state index contributed by atoms with van der Waals surface area (Å²) in [6.45, 7) is 5.02. The molecular formula is C22H24FN3O2. The van der Waals surface area contributed by atoms with Crippen LogP contribution < -0.4 is 10.2 Å². The zero-order chi connectivity index (χ0) is 20.1. The average Bonchev–Trinajstić information content (AvgIpc) is 2.66. The first kappa shape index (κ1) is 18.5. The lowest BCUT2D eigenvalue weighted by Gasteiger charge is -2.51. The van der Waals surface area contributed by atoms with Gasteiger partial charge in [-0.05, 0) is 43.7 Å². The molecule has 0 aliphatic carbocycles. The Kier molecular flexibility index (Phi) is 4.37. The van der Waals surface area contributed by atoms with E-state index in [1.165, 1.54) is 18.2 Å². The number of anilines is 1. The number of aryl methyl sites for hydroxylation is 2. The molecule has 2 heterocycles. The summed E-state index contributed by atoms with van der Waals surface area (Å²) in [6.07, 6.45) is 1.17. The summed E-state index contributed by atoms with van der Waals surface area (Å²) in [5.41, 5.74) is 3.29. The van der Waals surface area contributed by atoms with Crippen LogP contribution in [0, 0.1) is 19.7 Å². The maximum Gasteiger partial charge on any atom is 0.255 e. The number of hydrogen-bond donors (Lipinski definition) is 1. The Labute approximate surface area is 164 Å². The third-order valence-corrected chi connectivity index (χ3v) is 6.04. The molecule has 0 radical (unpaired) electrons. The summed E-state index contributed by atoms with van der Waals surface area (Å²) in [5.74, 6) is -0.538. The first-order valence-electron chi connectivity index (χ1n) is 9.53. The lowest BCUT2D eigenvalue weighted by atomic mass is 9.90. The Bertz CT molecular complexity index is 964. The van der Waals surface area contributed by atoms with Crippen LogP contribution in [0.25, 0.3) is 0 Å². The molecule has 6 heteroatoms. The van der Waals surface area contributed by atoms with Gasteiger partial charge in [0.15, 0.2) is 0 Å². The van der Waals surface area contributed by atoms with Gasteiger partial charge in [0.25, 0.3) is 11.8 Å². The number of nitrogens with zero attached hydrogens (tertiary/aromatic N) is 2. The molecule has 1 fully saturated rings. The number of carbonyl (C=O) groups is 2. The quantitative estimate of drug-likeness (QED) is 0.825. The van der Waals surface area contributed by atoms with E-state index in [0.29, 0.717) is 37.2 Å². The number of rotatable bonds is 1. The molecule has 28 heavy (non-hydrogen) atoms. The summed E-state index contributed by atoms with van der Waals surface area (Å²) in [5, 5.41) is 3.10. The van der Waals surface area contributed by atoms with E-state index in [1.54, 1.807) is 0 Å². The van der Waals surface area contributed by atoms with Gasteiger partial charge in [0.1, 0.15) is 11.5 Å². The van der Waals surface area contributed by atoms with Crippen LogP contribution in [0.5, 0.6) is 0 Å². The molecule has 2 aromatic carbocycles. The second-order valence-corrected chi connectivity index (χ2v) is 7.82. The molecule has 2 aliphatic heterocycles. The third kappa shape index (κ3) is 2.93. The number of fused-ring (bicyclic) bond motifs is 1. The molecule has 0 aromatic heterocycles. The molecule has 2 amide bonds. The van der Waals surface area contributed by atoms with Crippen LogP contribution in [-0.4, -0.2) is 42.5 Å². The Hall–Kier alpha value is -2.89. The zero-order valence-electron chi connectivity index (χ0n) is 16.4. The Morgan fingerprint density at radius 2 is 1.82 bits per heavy atom. The summed E-state index contributed by atoms with van der Waals surface area (Å²) in [4.78, 5) is 29.3. The monoisotopic (exact) mass is 381 g/mol. The van der Waals surface area contributed by atoms with E-state index in [9.17, 15) is 14.0 Å². The minimum atomic E-state index is -0.600. The van der Waals surface area contributed by atoms with Crippen LogP contribution >= 0.6 is 0 Å². The first-order chi connectivity index (χ1) is 13.3. The van der Waals surface area contributed by atoms with Gasteiger partial charge in [-0.3, -0.25) is 9.59 Å². The number of halogens is 1. The zero-order valence-corrected chi connectivity index (χ0v) is 16.4. The predicted molar refractivity (Wildman–Crippen MR) is 106 cm³/mol. The molecule has 4 rings (SSSR count). The van der Waals surface area contributed by atoms with Crippen LogP contribution in [0.4, 0.5) is 10.1 Å². The number of likely N-dealkylation sites (tertiary alicyclic amines) is 1. The molecule has 0 unspecified atom stereocenters. The minimum Gasteiger partial charge on any atom is -0.351 e. The normalized spacial score (nSPS) is 18.1. The lowest BCUT2D eigenvalue weighted by Crippen LogP contribution is -2.67. The number of carbonyl (C=O) groups excluding carboxylic acids is 2. The second kappa shape index (κ2) is 6.62. The van der Waals surface area contributed by atoms with Crippen LogP contribution in [0.3, 0.4) is 0 Å². The first-order valence-corrected chi connectivity index (χ1v) is 9.53. The second-order valence-electron chi connectivity index (χ2n) is 7.82. The highest BCUT2D eigenvalue weighted by atomic mass is 19.1. The van der Waals surface area contributed by atoms with Gasteiger partial charge in [0.05, 0.1) is 11.3 Å². The summed E-state index contributed by atoms with van der Waals surface area (Å²) >= 11 is 0. The van der Waals surface area contributed by atoms with Crippen molar-refractivity contribution in [2.24, 2.45) is 0 Å². The van der Waals surface area contributed by atoms with Crippen LogP contribution in [0.1, 0.15) is 44.7 Å². The predicted octanol–water partition coefficient (Wildman–Crippen LogP) is 3.25. The molecule has 0 saturated carbocycles. The molecule has 146 valence electrons. The highest BCUT2D eigenvalue weighted by Gasteiger charge is 2.45. The van der Waals surface area contributed by atoms with Crippen molar-refractivity contribution in [3.05, 3.63) is 64.5 Å². The number of piperidine rings is 1. The highest BCUT2D eigenvalue weighted by molar-refractivity contribution is 6.02. The van der Waals surface area contributed by atoms with Crippen molar-refractivity contribution in [1.29, 1.82) is 0 Å². The summed E-state index contributed by atoms with van der Waals surface area (Å²) < 4.78 is 13.8. The molecule has 0 atom stereocenters. The van der Waals surface area contributed by atoms with Gasteiger partial charge < -0.3 is 15.1 Å². The average molecular weight is 381 g/mol. The van der Waals surface area contributed by atoms with Gasteiger partial charge in [-0.15, -0.1) is 0 Å². The number of hydrogen-bond acceptors (Lipinski definition) is 3. The smallest absolute Gasteiger partial charge is 0.255 e. The van der Waals surface area contributed by atoms with E-state index in [2.05, 4.69) is 5.32 Å². The van der Waals surface area contributed by atoms with Gasteiger partial charge in [-0.2, -0.15) is 0 Å². The molecule has 1 N–H and O–H groups in total. The van der Waals surface area contributed by atoms with E-state index in [4.69, 9.17) is 0 Å². The fourth-order valence-corrected chi connectivity index (χ4v) is 4.33. The molecule has 1 saturated heterocycles. The SMILES string of the molecule is Cc1ccc(C(=O)N2CCC3(CC2)NC(=O)c2ccc(F)cc2N3C)c(C)c1. The fraction of sp³-hybridized carbons (Fsp3) is 0.364. The van der Waals surface area contributed by atoms with Crippen molar-refractivity contribution in [2.75, 3.05) is 25.0 Å².